The highest BCUT2D eigenvalue weighted by Crippen LogP contribution is 2.28. The predicted molar refractivity (Wildman–Crippen MR) is 125 cm³/mol. The molecule has 0 bridgehead atoms. The molecule has 2 aromatic rings. The number of carbonyl (C=O) groups excluding carboxylic acids is 1. The van der Waals surface area contributed by atoms with Crippen molar-refractivity contribution >= 4 is 27.5 Å². The molecule has 180 valence electrons. The number of amides is 1. The molecule has 0 saturated carbocycles. The van der Waals surface area contributed by atoms with Crippen molar-refractivity contribution in [2.75, 3.05) is 33.7 Å². The minimum Gasteiger partial charge on any atom is -0.373 e. The minimum atomic E-state index is -3.69. The van der Waals surface area contributed by atoms with Crippen molar-refractivity contribution in [2.24, 2.45) is 0 Å². The first-order chi connectivity index (χ1) is 15.5. The van der Waals surface area contributed by atoms with Crippen LogP contribution in [0.5, 0.6) is 0 Å². The van der Waals surface area contributed by atoms with Crippen molar-refractivity contribution in [1.29, 1.82) is 0 Å². The normalized spacial score (nSPS) is 20.6. The second-order valence-electron chi connectivity index (χ2n) is 8.43. The van der Waals surface area contributed by atoms with Crippen molar-refractivity contribution in [3.05, 3.63) is 64.4 Å². The maximum atomic E-state index is 14.4. The van der Waals surface area contributed by atoms with Crippen LogP contribution in [0.2, 0.25) is 5.02 Å². The van der Waals surface area contributed by atoms with E-state index in [0.29, 0.717) is 11.1 Å². The fourth-order valence-electron chi connectivity index (χ4n) is 3.92. The number of hydrogen-bond acceptors (Lipinski definition) is 5. The monoisotopic (exact) mass is 497 g/mol. The third kappa shape index (κ3) is 5.91. The van der Waals surface area contributed by atoms with Crippen LogP contribution >= 0.6 is 11.6 Å². The second-order valence-corrected chi connectivity index (χ2v) is 10.8. The molecule has 1 aliphatic heterocycles. The van der Waals surface area contributed by atoms with Gasteiger partial charge in [-0.1, -0.05) is 17.7 Å². The highest BCUT2D eigenvalue weighted by molar-refractivity contribution is 7.89. The molecule has 1 N–H and O–H groups in total. The Labute approximate surface area is 199 Å². The molecule has 3 unspecified atom stereocenters. The minimum absolute atomic E-state index is 0.115. The van der Waals surface area contributed by atoms with Crippen LogP contribution in [0.4, 0.5) is 4.39 Å². The number of ether oxygens (including phenoxy) is 1. The summed E-state index contributed by atoms with van der Waals surface area (Å²) in [6, 6.07) is 9.76. The van der Waals surface area contributed by atoms with E-state index in [0.717, 1.165) is 0 Å². The molecule has 1 aliphatic rings. The van der Waals surface area contributed by atoms with Crippen molar-refractivity contribution in [2.45, 2.75) is 37.0 Å². The third-order valence-corrected chi connectivity index (χ3v) is 7.73. The van der Waals surface area contributed by atoms with E-state index < -0.39 is 27.8 Å². The molecule has 7 nitrogen and oxygen atoms in total. The van der Waals surface area contributed by atoms with Gasteiger partial charge in [0.25, 0.3) is 5.91 Å². The number of benzene rings is 2. The van der Waals surface area contributed by atoms with Crippen LogP contribution in [0, 0.1) is 5.82 Å². The van der Waals surface area contributed by atoms with Crippen LogP contribution in [0.3, 0.4) is 0 Å². The van der Waals surface area contributed by atoms with Gasteiger partial charge in [-0.3, -0.25) is 4.79 Å². The Morgan fingerprint density at radius 1 is 1.18 bits per heavy atom. The molecule has 10 heteroatoms. The van der Waals surface area contributed by atoms with Crippen LogP contribution in [0.25, 0.3) is 0 Å². The Hall–Kier alpha value is -2.04. The van der Waals surface area contributed by atoms with E-state index >= 15 is 0 Å². The number of morpholine rings is 1. The van der Waals surface area contributed by atoms with E-state index in [4.69, 9.17) is 16.3 Å². The number of hydrogen-bond donors (Lipinski definition) is 1. The maximum absolute atomic E-state index is 14.4. The molecule has 0 aromatic heterocycles. The molecule has 1 fully saturated rings. The van der Waals surface area contributed by atoms with Crippen LogP contribution in [-0.4, -0.2) is 69.5 Å². The Kier molecular flexibility index (Phi) is 8.13. The summed E-state index contributed by atoms with van der Waals surface area (Å²) in [5.41, 5.74) is 0.606. The van der Waals surface area contributed by atoms with Gasteiger partial charge in [-0.2, -0.15) is 4.31 Å². The van der Waals surface area contributed by atoms with Gasteiger partial charge < -0.3 is 15.0 Å². The van der Waals surface area contributed by atoms with Gasteiger partial charge in [0.05, 0.1) is 23.1 Å². The number of nitrogens with one attached hydrogen (secondary N) is 1. The second kappa shape index (κ2) is 10.5. The van der Waals surface area contributed by atoms with Crippen LogP contribution in [0.1, 0.15) is 35.8 Å². The lowest BCUT2D eigenvalue weighted by molar-refractivity contribution is -0.0440. The molecule has 3 atom stereocenters. The summed E-state index contributed by atoms with van der Waals surface area (Å²) in [6.07, 6.45) is -0.387. The standard InChI is InChI=1S/C23H29ClFN3O4S/c1-15-13-28(14-16(2)32-15)33(30,31)18-10-8-17(9-11-18)23(29)26-12-21(27(3)4)22-19(24)6-5-7-20(22)25/h5-11,15-16,21H,12-14H2,1-4H3,(H,26,29). The summed E-state index contributed by atoms with van der Waals surface area (Å²) in [5, 5.41) is 3.07. The first kappa shape index (κ1) is 25.6. The lowest BCUT2D eigenvalue weighted by Gasteiger charge is -2.34. The fourth-order valence-corrected chi connectivity index (χ4v) is 5.80. The number of carbonyl (C=O) groups is 1. The van der Waals surface area contributed by atoms with E-state index in [1.807, 2.05) is 13.8 Å². The van der Waals surface area contributed by atoms with Crippen LogP contribution < -0.4 is 5.32 Å². The summed E-state index contributed by atoms with van der Waals surface area (Å²) in [6.45, 7) is 4.34. The van der Waals surface area contributed by atoms with Crippen molar-refractivity contribution in [1.82, 2.24) is 14.5 Å². The Bertz CT molecular complexity index is 1070. The summed E-state index contributed by atoms with van der Waals surface area (Å²) >= 11 is 6.19. The number of sulfonamides is 1. The highest BCUT2D eigenvalue weighted by Gasteiger charge is 2.32. The van der Waals surface area contributed by atoms with E-state index in [1.54, 1.807) is 25.1 Å². The molecule has 0 aliphatic carbocycles. The molecular formula is C23H29ClFN3O4S. The number of rotatable bonds is 7. The SMILES string of the molecule is CC1CN(S(=O)(=O)c2ccc(C(=O)NCC(c3c(F)cccc3Cl)N(C)C)cc2)CC(C)O1. The highest BCUT2D eigenvalue weighted by atomic mass is 35.5. The molecule has 33 heavy (non-hydrogen) atoms. The van der Waals surface area contributed by atoms with E-state index in [-0.39, 0.29) is 41.8 Å². The molecule has 1 saturated heterocycles. The van der Waals surface area contributed by atoms with Crippen molar-refractivity contribution in [3.8, 4) is 0 Å². The number of halogens is 2. The molecule has 1 heterocycles. The topological polar surface area (TPSA) is 79.0 Å². The first-order valence-corrected chi connectivity index (χ1v) is 12.5. The number of nitrogens with zero attached hydrogens (tertiary/aromatic N) is 2. The summed E-state index contributed by atoms with van der Waals surface area (Å²) < 4.78 is 47.4. The van der Waals surface area contributed by atoms with E-state index in [2.05, 4.69) is 5.32 Å². The van der Waals surface area contributed by atoms with Gasteiger partial charge in [0.1, 0.15) is 5.82 Å². The lowest BCUT2D eigenvalue weighted by Crippen LogP contribution is -2.48. The van der Waals surface area contributed by atoms with Gasteiger partial charge in [-0.15, -0.1) is 0 Å². The van der Waals surface area contributed by atoms with Gasteiger partial charge in [-0.05, 0) is 64.3 Å². The van der Waals surface area contributed by atoms with Crippen molar-refractivity contribution < 1.29 is 22.3 Å². The first-order valence-electron chi connectivity index (χ1n) is 10.6. The molecule has 0 spiro atoms. The molecule has 0 radical (unpaired) electrons. The van der Waals surface area contributed by atoms with E-state index in [9.17, 15) is 17.6 Å². The zero-order chi connectivity index (χ0) is 24.3. The molecule has 1 amide bonds. The molecule has 3 rings (SSSR count). The summed E-state index contributed by atoms with van der Waals surface area (Å²) in [4.78, 5) is 14.6. The molecule has 2 aromatic carbocycles. The predicted octanol–water partition coefficient (Wildman–Crippen LogP) is 3.31. The Morgan fingerprint density at radius 2 is 1.79 bits per heavy atom. The van der Waals surface area contributed by atoms with Crippen LogP contribution in [-0.2, 0) is 14.8 Å². The summed E-state index contributed by atoms with van der Waals surface area (Å²) in [5.74, 6) is -0.844. The smallest absolute Gasteiger partial charge is 0.251 e. The Balaban J connectivity index is 1.71. The van der Waals surface area contributed by atoms with Gasteiger partial charge in [0.15, 0.2) is 0 Å². The average molecular weight is 498 g/mol. The quantitative estimate of drug-likeness (QED) is 0.635. The number of likely N-dealkylation sites (N-methyl/N-ethyl adjacent to an activating group) is 1. The van der Waals surface area contributed by atoms with Gasteiger partial charge >= 0.3 is 0 Å². The Morgan fingerprint density at radius 3 is 2.33 bits per heavy atom. The van der Waals surface area contributed by atoms with Crippen LogP contribution in [0.15, 0.2) is 47.4 Å². The van der Waals surface area contributed by atoms with Gasteiger partial charge in [0.2, 0.25) is 10.0 Å². The average Bonchev–Trinajstić information content (AvgIpc) is 2.74. The van der Waals surface area contributed by atoms with E-state index in [1.165, 1.54) is 40.7 Å². The maximum Gasteiger partial charge on any atom is 0.251 e. The van der Waals surface area contributed by atoms with Crippen molar-refractivity contribution in [3.63, 3.8) is 0 Å². The lowest BCUT2D eigenvalue weighted by atomic mass is 10.0. The molecular weight excluding hydrogens is 469 g/mol. The third-order valence-electron chi connectivity index (χ3n) is 5.55. The fraction of sp³-hybridized carbons (Fsp3) is 0.435. The largest absolute Gasteiger partial charge is 0.373 e. The summed E-state index contributed by atoms with van der Waals surface area (Å²) in [7, 11) is -0.153. The zero-order valence-electron chi connectivity index (χ0n) is 19.1. The van der Waals surface area contributed by atoms with Gasteiger partial charge in [-0.25, -0.2) is 12.8 Å². The zero-order valence-corrected chi connectivity index (χ0v) is 20.7. The van der Waals surface area contributed by atoms with Gasteiger partial charge in [0, 0.05) is 35.8 Å².